The van der Waals surface area contributed by atoms with Crippen molar-refractivity contribution >= 4 is 5.84 Å². The van der Waals surface area contributed by atoms with Crippen molar-refractivity contribution in [2.75, 3.05) is 0 Å². The number of amidine groups is 1. The van der Waals surface area contributed by atoms with Crippen molar-refractivity contribution in [3.8, 4) is 11.5 Å². The van der Waals surface area contributed by atoms with E-state index in [4.69, 9.17) is 15.9 Å². The summed E-state index contributed by atoms with van der Waals surface area (Å²) in [4.78, 5) is 0. The van der Waals surface area contributed by atoms with Crippen LogP contribution in [-0.2, 0) is 0 Å². The van der Waals surface area contributed by atoms with Gasteiger partial charge in [0.25, 0.3) is 0 Å². The molecule has 0 bridgehead atoms. The van der Waals surface area contributed by atoms with Gasteiger partial charge in [0.05, 0.1) is 5.56 Å². The first-order chi connectivity index (χ1) is 8.58. The highest BCUT2D eigenvalue weighted by Gasteiger charge is 2.11. The van der Waals surface area contributed by atoms with Gasteiger partial charge in [0.2, 0.25) is 0 Å². The Morgan fingerprint density at radius 2 is 1.78 bits per heavy atom. The normalized spacial score (nSPS) is 10.1. The predicted octanol–water partition coefficient (Wildman–Crippen LogP) is 3.04. The van der Waals surface area contributed by atoms with Gasteiger partial charge < -0.3 is 10.5 Å². The van der Waals surface area contributed by atoms with Gasteiger partial charge in [-0.3, -0.25) is 5.41 Å². The molecule has 0 spiro atoms. The van der Waals surface area contributed by atoms with Crippen LogP contribution in [0.1, 0.15) is 5.56 Å². The van der Waals surface area contributed by atoms with Gasteiger partial charge in [-0.05, 0) is 30.3 Å². The summed E-state index contributed by atoms with van der Waals surface area (Å²) in [5.74, 6) is -1.31. The highest BCUT2D eigenvalue weighted by atomic mass is 19.1. The maximum atomic E-state index is 13.4. The van der Waals surface area contributed by atoms with Crippen LogP contribution in [0.5, 0.6) is 11.5 Å². The average Bonchev–Trinajstić information content (AvgIpc) is 2.34. The molecule has 0 fully saturated rings. The molecule has 0 unspecified atom stereocenters. The molecule has 0 amide bonds. The quantitative estimate of drug-likeness (QED) is 0.647. The molecule has 0 saturated heterocycles. The molecule has 92 valence electrons. The Balaban J connectivity index is 2.41. The Morgan fingerprint density at radius 3 is 2.44 bits per heavy atom. The molecule has 0 aromatic heterocycles. The second kappa shape index (κ2) is 4.83. The standard InChI is InChI=1S/C13H10F2N2O/c14-8-5-6-11(9(7-8)13(16)17)18-12-4-2-1-3-10(12)15/h1-7H,(H3,16,17). The number of nitrogens with two attached hydrogens (primary N) is 1. The van der Waals surface area contributed by atoms with Gasteiger partial charge in [-0.2, -0.15) is 0 Å². The zero-order valence-corrected chi connectivity index (χ0v) is 9.28. The van der Waals surface area contributed by atoms with Gasteiger partial charge in [0.15, 0.2) is 11.6 Å². The lowest BCUT2D eigenvalue weighted by molar-refractivity contribution is 0.440. The van der Waals surface area contributed by atoms with E-state index in [0.717, 1.165) is 12.1 Å². The van der Waals surface area contributed by atoms with E-state index in [1.165, 1.54) is 24.3 Å². The second-order valence-electron chi connectivity index (χ2n) is 3.59. The molecular formula is C13H10F2N2O. The molecular weight excluding hydrogens is 238 g/mol. The van der Waals surface area contributed by atoms with E-state index < -0.39 is 11.6 Å². The minimum Gasteiger partial charge on any atom is -0.454 e. The molecule has 2 aromatic carbocycles. The van der Waals surface area contributed by atoms with E-state index >= 15 is 0 Å². The Hall–Kier alpha value is -2.43. The fraction of sp³-hybridized carbons (Fsp3) is 0. The molecule has 0 aliphatic heterocycles. The van der Waals surface area contributed by atoms with E-state index in [-0.39, 0.29) is 22.9 Å². The van der Waals surface area contributed by atoms with Crippen molar-refractivity contribution in [3.63, 3.8) is 0 Å². The number of nitrogens with one attached hydrogen (secondary N) is 1. The number of ether oxygens (including phenoxy) is 1. The molecule has 3 nitrogen and oxygen atoms in total. The summed E-state index contributed by atoms with van der Waals surface area (Å²) < 4.78 is 31.7. The van der Waals surface area contributed by atoms with Crippen molar-refractivity contribution in [3.05, 3.63) is 59.7 Å². The van der Waals surface area contributed by atoms with E-state index in [1.54, 1.807) is 6.07 Å². The van der Waals surface area contributed by atoms with Crippen LogP contribution in [0.25, 0.3) is 0 Å². The summed E-state index contributed by atoms with van der Waals surface area (Å²) in [6.07, 6.45) is 0. The number of nitrogen functional groups attached to an aromatic ring is 1. The first kappa shape index (κ1) is 12.0. The molecule has 2 aromatic rings. The number of hydrogen-bond acceptors (Lipinski definition) is 2. The van der Waals surface area contributed by atoms with Crippen molar-refractivity contribution in [1.82, 2.24) is 0 Å². The minimum atomic E-state index is -0.545. The molecule has 3 N–H and O–H groups in total. The predicted molar refractivity (Wildman–Crippen MR) is 63.9 cm³/mol. The smallest absolute Gasteiger partial charge is 0.165 e. The lowest BCUT2D eigenvalue weighted by atomic mass is 10.2. The van der Waals surface area contributed by atoms with Gasteiger partial charge >= 0.3 is 0 Å². The van der Waals surface area contributed by atoms with Gasteiger partial charge in [-0.1, -0.05) is 12.1 Å². The number of hydrogen-bond donors (Lipinski definition) is 2. The van der Waals surface area contributed by atoms with Crippen molar-refractivity contribution in [2.45, 2.75) is 0 Å². The lowest BCUT2D eigenvalue weighted by Gasteiger charge is -2.10. The van der Waals surface area contributed by atoms with E-state index in [2.05, 4.69) is 0 Å². The molecule has 0 aliphatic carbocycles. The molecule has 5 heteroatoms. The van der Waals surface area contributed by atoms with Crippen molar-refractivity contribution < 1.29 is 13.5 Å². The van der Waals surface area contributed by atoms with Crippen molar-refractivity contribution in [1.29, 1.82) is 5.41 Å². The average molecular weight is 248 g/mol. The first-order valence-corrected chi connectivity index (χ1v) is 5.14. The summed E-state index contributed by atoms with van der Waals surface area (Å²) >= 11 is 0. The maximum Gasteiger partial charge on any atom is 0.165 e. The fourth-order valence-corrected chi connectivity index (χ4v) is 1.45. The van der Waals surface area contributed by atoms with E-state index in [1.807, 2.05) is 0 Å². The third-order valence-electron chi connectivity index (χ3n) is 2.29. The lowest BCUT2D eigenvalue weighted by Crippen LogP contribution is -2.12. The fourth-order valence-electron chi connectivity index (χ4n) is 1.45. The van der Waals surface area contributed by atoms with Crippen LogP contribution in [0.15, 0.2) is 42.5 Å². The summed E-state index contributed by atoms with van der Waals surface area (Å²) in [5, 5.41) is 7.33. The SMILES string of the molecule is N=C(N)c1cc(F)ccc1Oc1ccccc1F. The van der Waals surface area contributed by atoms with Crippen LogP contribution < -0.4 is 10.5 Å². The van der Waals surface area contributed by atoms with Crippen LogP contribution in [0.2, 0.25) is 0 Å². The highest BCUT2D eigenvalue weighted by Crippen LogP contribution is 2.27. The summed E-state index contributed by atoms with van der Waals surface area (Å²) in [5.41, 5.74) is 5.40. The molecule has 0 saturated carbocycles. The zero-order valence-electron chi connectivity index (χ0n) is 9.28. The zero-order chi connectivity index (χ0) is 13.1. The third kappa shape index (κ3) is 2.45. The monoisotopic (exact) mass is 248 g/mol. The molecule has 0 aliphatic rings. The van der Waals surface area contributed by atoms with Gasteiger partial charge in [-0.15, -0.1) is 0 Å². The molecule has 0 atom stereocenters. The Labute approximate surface area is 102 Å². The Kier molecular flexibility index (Phi) is 3.23. The van der Waals surface area contributed by atoms with Crippen LogP contribution in [-0.4, -0.2) is 5.84 Å². The molecule has 0 heterocycles. The number of rotatable bonds is 3. The van der Waals surface area contributed by atoms with Gasteiger partial charge in [0, 0.05) is 0 Å². The summed E-state index contributed by atoms with van der Waals surface area (Å²) in [7, 11) is 0. The van der Waals surface area contributed by atoms with Gasteiger partial charge in [-0.25, -0.2) is 8.78 Å². The van der Waals surface area contributed by atoms with Crippen LogP contribution in [0.3, 0.4) is 0 Å². The van der Waals surface area contributed by atoms with Crippen LogP contribution in [0, 0.1) is 17.0 Å². The first-order valence-electron chi connectivity index (χ1n) is 5.14. The number of para-hydroxylation sites is 1. The summed E-state index contributed by atoms with van der Waals surface area (Å²) in [6.45, 7) is 0. The molecule has 2 rings (SSSR count). The largest absolute Gasteiger partial charge is 0.454 e. The molecule has 0 radical (unpaired) electrons. The maximum absolute atomic E-state index is 13.4. The minimum absolute atomic E-state index is 0.00777. The number of benzene rings is 2. The van der Waals surface area contributed by atoms with Crippen LogP contribution >= 0.6 is 0 Å². The second-order valence-corrected chi connectivity index (χ2v) is 3.59. The Morgan fingerprint density at radius 1 is 1.06 bits per heavy atom. The van der Waals surface area contributed by atoms with Crippen LogP contribution in [0.4, 0.5) is 8.78 Å². The van der Waals surface area contributed by atoms with E-state index in [9.17, 15) is 8.78 Å². The topological polar surface area (TPSA) is 59.1 Å². The Bertz CT molecular complexity index is 599. The van der Waals surface area contributed by atoms with Gasteiger partial charge in [0.1, 0.15) is 17.4 Å². The van der Waals surface area contributed by atoms with Crippen molar-refractivity contribution in [2.24, 2.45) is 5.73 Å². The highest BCUT2D eigenvalue weighted by molar-refractivity contribution is 5.97. The summed E-state index contributed by atoms with van der Waals surface area (Å²) in [6, 6.07) is 9.34. The number of halogens is 2. The van der Waals surface area contributed by atoms with E-state index in [0.29, 0.717) is 0 Å². The molecule has 18 heavy (non-hydrogen) atoms. The third-order valence-corrected chi connectivity index (χ3v) is 2.29.